The fraction of sp³-hybridized carbons (Fsp3) is 0.636. The first-order valence-corrected chi connectivity index (χ1v) is 5.77. The standard InChI is InChI=1S/C11H18N4O/c1-2-15-7-8(6-14-15)10-9(11(12)16)4-3-5-13-10/h6-7,9-10,13H,2-5H2,1H3,(H2,12,16). The number of primary amides is 1. The molecule has 1 aliphatic rings. The van der Waals surface area contributed by atoms with Crippen molar-refractivity contribution in [1.29, 1.82) is 0 Å². The largest absolute Gasteiger partial charge is 0.369 e. The molecular formula is C11H18N4O. The van der Waals surface area contributed by atoms with E-state index in [4.69, 9.17) is 5.73 Å². The zero-order valence-electron chi connectivity index (χ0n) is 9.52. The van der Waals surface area contributed by atoms with Crippen molar-refractivity contribution in [2.24, 2.45) is 11.7 Å². The Morgan fingerprint density at radius 1 is 1.75 bits per heavy atom. The first-order chi connectivity index (χ1) is 7.72. The topological polar surface area (TPSA) is 72.9 Å². The lowest BCUT2D eigenvalue weighted by Gasteiger charge is -2.29. The van der Waals surface area contributed by atoms with Gasteiger partial charge in [0.2, 0.25) is 5.91 Å². The van der Waals surface area contributed by atoms with E-state index in [1.165, 1.54) is 0 Å². The fourth-order valence-electron chi connectivity index (χ4n) is 2.26. The number of carbonyl (C=O) groups is 1. The van der Waals surface area contributed by atoms with Crippen molar-refractivity contribution >= 4 is 5.91 Å². The van der Waals surface area contributed by atoms with Gasteiger partial charge in [0.1, 0.15) is 0 Å². The highest BCUT2D eigenvalue weighted by molar-refractivity contribution is 5.77. The number of nitrogens with zero attached hydrogens (tertiary/aromatic N) is 2. The highest BCUT2D eigenvalue weighted by Gasteiger charge is 2.30. The molecule has 0 aliphatic carbocycles. The smallest absolute Gasteiger partial charge is 0.222 e. The van der Waals surface area contributed by atoms with Gasteiger partial charge in [-0.15, -0.1) is 0 Å². The molecular weight excluding hydrogens is 204 g/mol. The van der Waals surface area contributed by atoms with Crippen molar-refractivity contribution in [3.05, 3.63) is 18.0 Å². The van der Waals surface area contributed by atoms with Crippen molar-refractivity contribution in [2.45, 2.75) is 32.4 Å². The SMILES string of the molecule is CCn1cc(C2NCCCC2C(N)=O)cn1. The molecule has 88 valence electrons. The molecule has 1 fully saturated rings. The van der Waals surface area contributed by atoms with E-state index in [9.17, 15) is 4.79 Å². The van der Waals surface area contributed by atoms with Crippen LogP contribution in [0.15, 0.2) is 12.4 Å². The molecule has 1 amide bonds. The minimum atomic E-state index is -0.221. The Bertz CT molecular complexity index is 374. The number of aryl methyl sites for hydroxylation is 1. The lowest BCUT2D eigenvalue weighted by molar-refractivity contribution is -0.123. The number of nitrogens with one attached hydrogen (secondary N) is 1. The van der Waals surface area contributed by atoms with E-state index in [1.54, 1.807) is 0 Å². The fourth-order valence-corrected chi connectivity index (χ4v) is 2.26. The van der Waals surface area contributed by atoms with Crippen LogP contribution in [0.5, 0.6) is 0 Å². The van der Waals surface area contributed by atoms with E-state index < -0.39 is 0 Å². The van der Waals surface area contributed by atoms with Crippen LogP contribution in [0.25, 0.3) is 0 Å². The van der Waals surface area contributed by atoms with Crippen LogP contribution in [-0.4, -0.2) is 22.2 Å². The Morgan fingerprint density at radius 2 is 2.56 bits per heavy atom. The third-order valence-corrected chi connectivity index (χ3v) is 3.16. The summed E-state index contributed by atoms with van der Waals surface area (Å²) in [5.74, 6) is -0.329. The number of rotatable bonds is 3. The Labute approximate surface area is 95.0 Å². The van der Waals surface area contributed by atoms with E-state index >= 15 is 0 Å². The maximum absolute atomic E-state index is 11.4. The van der Waals surface area contributed by atoms with Crippen molar-refractivity contribution in [1.82, 2.24) is 15.1 Å². The number of piperidine rings is 1. The highest BCUT2D eigenvalue weighted by Crippen LogP contribution is 2.28. The molecule has 2 heterocycles. The quantitative estimate of drug-likeness (QED) is 0.779. The van der Waals surface area contributed by atoms with Crippen LogP contribution >= 0.6 is 0 Å². The molecule has 1 saturated heterocycles. The molecule has 1 aliphatic heterocycles. The minimum Gasteiger partial charge on any atom is -0.369 e. The molecule has 0 radical (unpaired) electrons. The summed E-state index contributed by atoms with van der Waals surface area (Å²) in [5, 5.41) is 7.58. The van der Waals surface area contributed by atoms with Gasteiger partial charge < -0.3 is 11.1 Å². The number of carbonyl (C=O) groups excluding carboxylic acids is 1. The number of amides is 1. The van der Waals surface area contributed by atoms with Gasteiger partial charge in [0.05, 0.1) is 12.1 Å². The Morgan fingerprint density at radius 3 is 3.19 bits per heavy atom. The molecule has 5 nitrogen and oxygen atoms in total. The molecule has 3 N–H and O–H groups in total. The molecule has 2 atom stereocenters. The zero-order valence-corrected chi connectivity index (χ0v) is 9.52. The second-order valence-corrected chi connectivity index (χ2v) is 4.21. The van der Waals surface area contributed by atoms with Crippen molar-refractivity contribution in [3.8, 4) is 0 Å². The number of hydrogen-bond acceptors (Lipinski definition) is 3. The van der Waals surface area contributed by atoms with E-state index in [-0.39, 0.29) is 17.9 Å². The molecule has 0 saturated carbocycles. The summed E-state index contributed by atoms with van der Waals surface area (Å²) < 4.78 is 1.86. The van der Waals surface area contributed by atoms with Gasteiger partial charge in [-0.25, -0.2) is 0 Å². The van der Waals surface area contributed by atoms with E-state index in [0.29, 0.717) is 0 Å². The van der Waals surface area contributed by atoms with Crippen LogP contribution in [0.3, 0.4) is 0 Å². The lowest BCUT2D eigenvalue weighted by Crippen LogP contribution is -2.40. The highest BCUT2D eigenvalue weighted by atomic mass is 16.1. The van der Waals surface area contributed by atoms with Gasteiger partial charge in [0.25, 0.3) is 0 Å². The monoisotopic (exact) mass is 222 g/mol. The number of aromatic nitrogens is 2. The molecule has 2 rings (SSSR count). The minimum absolute atomic E-state index is 0.0338. The molecule has 2 unspecified atom stereocenters. The summed E-state index contributed by atoms with van der Waals surface area (Å²) in [6, 6.07) is 0.0338. The number of hydrogen-bond donors (Lipinski definition) is 2. The molecule has 1 aromatic heterocycles. The van der Waals surface area contributed by atoms with Crippen LogP contribution in [0.2, 0.25) is 0 Å². The van der Waals surface area contributed by atoms with E-state index in [0.717, 1.165) is 31.5 Å². The van der Waals surface area contributed by atoms with E-state index in [1.807, 2.05) is 24.0 Å². The Kier molecular flexibility index (Phi) is 3.24. The van der Waals surface area contributed by atoms with Gasteiger partial charge in [-0.05, 0) is 26.3 Å². The summed E-state index contributed by atoms with van der Waals surface area (Å²) in [7, 11) is 0. The second kappa shape index (κ2) is 4.65. The summed E-state index contributed by atoms with van der Waals surface area (Å²) in [6.07, 6.45) is 5.68. The molecule has 0 aromatic carbocycles. The van der Waals surface area contributed by atoms with Crippen molar-refractivity contribution in [2.75, 3.05) is 6.54 Å². The van der Waals surface area contributed by atoms with Gasteiger partial charge in [-0.1, -0.05) is 0 Å². The van der Waals surface area contributed by atoms with Crippen LogP contribution in [0, 0.1) is 5.92 Å². The Hall–Kier alpha value is -1.36. The zero-order chi connectivity index (χ0) is 11.5. The maximum Gasteiger partial charge on any atom is 0.222 e. The van der Waals surface area contributed by atoms with Gasteiger partial charge in [-0.2, -0.15) is 5.10 Å². The van der Waals surface area contributed by atoms with Gasteiger partial charge >= 0.3 is 0 Å². The van der Waals surface area contributed by atoms with Gasteiger partial charge in [-0.3, -0.25) is 9.48 Å². The lowest BCUT2D eigenvalue weighted by atomic mass is 9.87. The maximum atomic E-state index is 11.4. The normalized spacial score (nSPS) is 25.6. The average Bonchev–Trinajstić information content (AvgIpc) is 2.77. The van der Waals surface area contributed by atoms with Crippen LogP contribution < -0.4 is 11.1 Å². The van der Waals surface area contributed by atoms with Crippen LogP contribution in [0.1, 0.15) is 31.4 Å². The predicted molar refractivity (Wildman–Crippen MR) is 60.6 cm³/mol. The summed E-state index contributed by atoms with van der Waals surface area (Å²) in [4.78, 5) is 11.4. The van der Waals surface area contributed by atoms with Crippen LogP contribution in [-0.2, 0) is 11.3 Å². The second-order valence-electron chi connectivity index (χ2n) is 4.21. The van der Waals surface area contributed by atoms with Crippen molar-refractivity contribution in [3.63, 3.8) is 0 Å². The Balaban J connectivity index is 2.19. The summed E-state index contributed by atoms with van der Waals surface area (Å²) in [5.41, 5.74) is 6.49. The third kappa shape index (κ3) is 2.09. The van der Waals surface area contributed by atoms with Gasteiger partial charge in [0.15, 0.2) is 0 Å². The average molecular weight is 222 g/mol. The first-order valence-electron chi connectivity index (χ1n) is 5.77. The van der Waals surface area contributed by atoms with Crippen LogP contribution in [0.4, 0.5) is 0 Å². The van der Waals surface area contributed by atoms with E-state index in [2.05, 4.69) is 10.4 Å². The molecule has 0 spiro atoms. The third-order valence-electron chi connectivity index (χ3n) is 3.16. The summed E-state index contributed by atoms with van der Waals surface area (Å²) >= 11 is 0. The molecule has 5 heteroatoms. The molecule has 1 aromatic rings. The predicted octanol–water partition coefficient (Wildman–Crippen LogP) is 0.429. The molecule has 0 bridgehead atoms. The first kappa shape index (κ1) is 11.1. The summed E-state index contributed by atoms with van der Waals surface area (Å²) in [6.45, 7) is 3.82. The number of nitrogens with two attached hydrogens (primary N) is 1. The molecule has 16 heavy (non-hydrogen) atoms. The van der Waals surface area contributed by atoms with Crippen molar-refractivity contribution < 1.29 is 4.79 Å². The van der Waals surface area contributed by atoms with Gasteiger partial charge in [0, 0.05) is 24.3 Å².